The number of aromatic amines is 1. The normalized spacial score (nSPS) is 20.3. The molecular weight excluding hydrogens is 376 g/mol. The molecule has 5 rings (SSSR count). The smallest absolute Gasteiger partial charge is 0.198 e. The third-order valence-electron chi connectivity index (χ3n) is 6.62. The van der Waals surface area contributed by atoms with Gasteiger partial charge in [-0.3, -0.25) is 4.79 Å². The summed E-state index contributed by atoms with van der Waals surface area (Å²) in [5.74, 6) is 0.693. The van der Waals surface area contributed by atoms with Crippen molar-refractivity contribution in [2.75, 3.05) is 13.7 Å². The number of H-pyrrole nitrogens is 1. The first-order valence-electron chi connectivity index (χ1n) is 10.1. The van der Waals surface area contributed by atoms with Gasteiger partial charge < -0.3 is 19.7 Å². The highest BCUT2D eigenvalue weighted by atomic mass is 16.5. The van der Waals surface area contributed by atoms with E-state index in [1.165, 1.54) is 10.9 Å². The summed E-state index contributed by atoms with van der Waals surface area (Å²) in [6.07, 6.45) is 4.77. The number of ketones is 1. The van der Waals surface area contributed by atoms with Crippen LogP contribution in [0.15, 0.2) is 65.9 Å². The van der Waals surface area contributed by atoms with Crippen LogP contribution in [-0.2, 0) is 12.0 Å². The number of allylic oxidation sites excluding steroid dienone is 2. The van der Waals surface area contributed by atoms with Crippen molar-refractivity contribution in [3.63, 3.8) is 0 Å². The SMILES string of the molecule is COc1ccc2[nH]c3c(c2c1)CCN1C=C(C(=O)c2ccccc2O)C=C(C)C31C. The van der Waals surface area contributed by atoms with Crippen LogP contribution >= 0.6 is 0 Å². The van der Waals surface area contributed by atoms with Gasteiger partial charge in [0.05, 0.1) is 18.2 Å². The molecule has 0 saturated carbocycles. The third kappa shape index (κ3) is 2.51. The molecule has 0 radical (unpaired) electrons. The van der Waals surface area contributed by atoms with E-state index in [2.05, 4.69) is 35.9 Å². The Morgan fingerprint density at radius 1 is 1.23 bits per heavy atom. The van der Waals surface area contributed by atoms with E-state index in [0.29, 0.717) is 11.1 Å². The molecule has 2 aliphatic heterocycles. The van der Waals surface area contributed by atoms with Gasteiger partial charge in [-0.15, -0.1) is 0 Å². The molecule has 3 aromatic rings. The summed E-state index contributed by atoms with van der Waals surface area (Å²) in [6, 6.07) is 12.8. The average molecular weight is 400 g/mol. The number of hydrogen-bond donors (Lipinski definition) is 2. The highest BCUT2D eigenvalue weighted by molar-refractivity contribution is 6.12. The van der Waals surface area contributed by atoms with Gasteiger partial charge in [-0.25, -0.2) is 0 Å². The summed E-state index contributed by atoms with van der Waals surface area (Å²) in [5, 5.41) is 11.3. The van der Waals surface area contributed by atoms with Crippen LogP contribution in [0.3, 0.4) is 0 Å². The molecule has 152 valence electrons. The molecule has 30 heavy (non-hydrogen) atoms. The average Bonchev–Trinajstić information content (AvgIpc) is 3.13. The number of carbonyl (C=O) groups excluding carboxylic acids is 1. The van der Waals surface area contributed by atoms with Crippen LogP contribution in [0.4, 0.5) is 0 Å². The Balaban J connectivity index is 1.60. The molecule has 5 nitrogen and oxygen atoms in total. The minimum absolute atomic E-state index is 0.00767. The molecule has 0 fully saturated rings. The number of aromatic nitrogens is 1. The first kappa shape index (κ1) is 18.6. The van der Waals surface area contributed by atoms with Crippen molar-refractivity contribution in [3.05, 3.63) is 82.7 Å². The number of benzene rings is 2. The van der Waals surface area contributed by atoms with E-state index in [1.54, 1.807) is 31.4 Å². The number of methoxy groups -OCH3 is 1. The fourth-order valence-electron chi connectivity index (χ4n) is 4.77. The zero-order chi connectivity index (χ0) is 21.0. The number of nitrogens with one attached hydrogen (secondary N) is 1. The molecule has 0 spiro atoms. The summed E-state index contributed by atoms with van der Waals surface area (Å²) in [6.45, 7) is 5.07. The number of Topliss-reactive ketones (excluding diaryl/α,β-unsaturated/α-hetero) is 1. The number of fused-ring (bicyclic) bond motifs is 5. The van der Waals surface area contributed by atoms with Crippen LogP contribution in [0.5, 0.6) is 11.5 Å². The van der Waals surface area contributed by atoms with E-state index >= 15 is 0 Å². The van der Waals surface area contributed by atoms with Crippen molar-refractivity contribution < 1.29 is 14.6 Å². The van der Waals surface area contributed by atoms with Gasteiger partial charge in [0.15, 0.2) is 5.78 Å². The molecule has 1 atom stereocenters. The van der Waals surface area contributed by atoms with Gasteiger partial charge in [0.1, 0.15) is 11.5 Å². The lowest BCUT2D eigenvalue weighted by atomic mass is 9.78. The van der Waals surface area contributed by atoms with Crippen molar-refractivity contribution in [1.82, 2.24) is 9.88 Å². The maximum Gasteiger partial charge on any atom is 0.198 e. The van der Waals surface area contributed by atoms with Crippen LogP contribution in [0, 0.1) is 0 Å². The maximum absolute atomic E-state index is 13.1. The largest absolute Gasteiger partial charge is 0.507 e. The molecule has 0 aliphatic carbocycles. The number of nitrogens with zero attached hydrogens (tertiary/aromatic N) is 1. The fourth-order valence-corrected chi connectivity index (χ4v) is 4.77. The van der Waals surface area contributed by atoms with E-state index in [1.807, 2.05) is 18.3 Å². The molecule has 0 saturated heterocycles. The Morgan fingerprint density at radius 2 is 2.03 bits per heavy atom. The highest BCUT2D eigenvalue weighted by Crippen LogP contribution is 2.46. The van der Waals surface area contributed by atoms with Crippen molar-refractivity contribution in [2.24, 2.45) is 0 Å². The van der Waals surface area contributed by atoms with Gasteiger partial charge in [0, 0.05) is 34.9 Å². The fraction of sp³-hybridized carbons (Fsp3) is 0.240. The Labute approximate surface area is 175 Å². The molecule has 0 amide bonds. The van der Waals surface area contributed by atoms with Gasteiger partial charge in [0.2, 0.25) is 0 Å². The van der Waals surface area contributed by atoms with E-state index in [0.717, 1.165) is 35.5 Å². The van der Waals surface area contributed by atoms with Crippen LogP contribution in [0.25, 0.3) is 10.9 Å². The number of rotatable bonds is 3. The van der Waals surface area contributed by atoms with Gasteiger partial charge in [-0.1, -0.05) is 12.1 Å². The summed E-state index contributed by atoms with van der Waals surface area (Å²) in [7, 11) is 1.69. The first-order chi connectivity index (χ1) is 14.4. The lowest BCUT2D eigenvalue weighted by molar-refractivity contribution is 0.102. The minimum atomic E-state index is -0.359. The summed E-state index contributed by atoms with van der Waals surface area (Å²) < 4.78 is 5.42. The van der Waals surface area contributed by atoms with Crippen LogP contribution in [0.2, 0.25) is 0 Å². The predicted molar refractivity (Wildman–Crippen MR) is 117 cm³/mol. The van der Waals surface area contributed by atoms with Crippen molar-refractivity contribution in [2.45, 2.75) is 25.8 Å². The monoisotopic (exact) mass is 400 g/mol. The summed E-state index contributed by atoms with van der Waals surface area (Å²) in [4.78, 5) is 19.0. The van der Waals surface area contributed by atoms with Crippen LogP contribution < -0.4 is 4.74 Å². The van der Waals surface area contributed by atoms with Gasteiger partial charge >= 0.3 is 0 Å². The summed E-state index contributed by atoms with van der Waals surface area (Å²) >= 11 is 0. The molecule has 1 unspecified atom stereocenters. The number of hydrogen-bond acceptors (Lipinski definition) is 4. The highest BCUT2D eigenvalue weighted by Gasteiger charge is 2.43. The van der Waals surface area contributed by atoms with Crippen LogP contribution in [-0.4, -0.2) is 34.4 Å². The lowest BCUT2D eigenvalue weighted by Gasteiger charge is -2.47. The number of ether oxygens (including phenoxy) is 1. The molecule has 5 heteroatoms. The number of phenolic OH excluding ortho intramolecular Hbond substituents is 1. The second-order valence-electron chi connectivity index (χ2n) is 8.16. The van der Waals surface area contributed by atoms with E-state index in [-0.39, 0.29) is 17.1 Å². The van der Waals surface area contributed by atoms with Crippen LogP contribution in [0.1, 0.15) is 35.5 Å². The Hall–Kier alpha value is -3.47. The van der Waals surface area contributed by atoms with Crippen molar-refractivity contribution >= 4 is 16.7 Å². The van der Waals surface area contributed by atoms with Crippen molar-refractivity contribution in [1.29, 1.82) is 0 Å². The van der Waals surface area contributed by atoms with E-state index in [9.17, 15) is 9.90 Å². The topological polar surface area (TPSA) is 65.6 Å². The molecule has 0 bridgehead atoms. The Kier molecular flexibility index (Phi) is 4.03. The molecule has 2 N–H and O–H groups in total. The van der Waals surface area contributed by atoms with Crippen molar-refractivity contribution in [3.8, 4) is 11.5 Å². The quantitative estimate of drug-likeness (QED) is 0.627. The molecule has 2 aliphatic rings. The molecule has 1 aromatic heterocycles. The second kappa shape index (κ2) is 6.52. The molecule has 3 heterocycles. The number of aromatic hydroxyl groups is 1. The second-order valence-corrected chi connectivity index (χ2v) is 8.16. The molecular formula is C25H24N2O3. The maximum atomic E-state index is 13.1. The Bertz CT molecular complexity index is 1250. The van der Waals surface area contributed by atoms with Gasteiger partial charge in [-0.05, 0) is 67.8 Å². The summed E-state index contributed by atoms with van der Waals surface area (Å²) in [5.41, 5.74) is 5.21. The minimum Gasteiger partial charge on any atom is -0.507 e. The van der Waals surface area contributed by atoms with Gasteiger partial charge in [-0.2, -0.15) is 0 Å². The number of carbonyl (C=O) groups is 1. The lowest BCUT2D eigenvalue weighted by Crippen LogP contribution is -2.48. The van der Waals surface area contributed by atoms with E-state index in [4.69, 9.17) is 4.74 Å². The Morgan fingerprint density at radius 3 is 2.80 bits per heavy atom. The third-order valence-corrected chi connectivity index (χ3v) is 6.62. The number of phenols is 1. The standard InChI is InChI=1S/C25H24N2O3/c1-15-12-16(23(29)19-6-4-5-7-22(19)28)14-27-11-10-18-20-13-17(30-3)8-9-21(20)26-24(18)25(15,27)2/h4-9,12-14,26,28H,10-11H2,1-3H3. The predicted octanol–water partition coefficient (Wildman–Crippen LogP) is 4.68. The zero-order valence-corrected chi connectivity index (χ0v) is 17.3. The van der Waals surface area contributed by atoms with E-state index < -0.39 is 0 Å². The zero-order valence-electron chi connectivity index (χ0n) is 17.3. The molecule has 2 aromatic carbocycles. The number of para-hydroxylation sites is 1. The van der Waals surface area contributed by atoms with Gasteiger partial charge in [0.25, 0.3) is 0 Å². The first-order valence-corrected chi connectivity index (χ1v) is 10.1.